The maximum Gasteiger partial charge on any atom is 0.322 e. The van der Waals surface area contributed by atoms with Crippen LogP contribution in [-0.4, -0.2) is 30.1 Å². The summed E-state index contributed by atoms with van der Waals surface area (Å²) in [5.41, 5.74) is 5.12. The zero-order valence-electron chi connectivity index (χ0n) is 18.1. The van der Waals surface area contributed by atoms with Crippen molar-refractivity contribution in [2.75, 3.05) is 18.0 Å². The lowest BCUT2D eigenvalue weighted by Gasteiger charge is -2.51. The molecule has 2 aromatic carbocycles. The molecule has 0 spiro atoms. The van der Waals surface area contributed by atoms with Crippen LogP contribution in [0.5, 0.6) is 0 Å². The summed E-state index contributed by atoms with van der Waals surface area (Å²) >= 11 is 0. The minimum absolute atomic E-state index is 0.144. The molecule has 0 bridgehead atoms. The molecule has 5 atom stereocenters. The van der Waals surface area contributed by atoms with Crippen LogP contribution in [0.25, 0.3) is 0 Å². The predicted octanol–water partition coefficient (Wildman–Crippen LogP) is 4.53. The average Bonchev–Trinajstić information content (AvgIpc) is 3.48. The number of amides is 1. The minimum atomic E-state index is -1.06. The number of carboxylic acid groups (broad SMARTS) is 1. The Morgan fingerprint density at radius 1 is 1.03 bits per heavy atom. The van der Waals surface area contributed by atoms with Gasteiger partial charge in [-0.3, -0.25) is 9.59 Å². The molecule has 5 nitrogen and oxygen atoms in total. The number of fused-ring (bicyclic) bond motifs is 4. The van der Waals surface area contributed by atoms with Crippen LogP contribution in [0.3, 0.4) is 0 Å². The van der Waals surface area contributed by atoms with Gasteiger partial charge in [0.15, 0.2) is 0 Å². The molecular weight excluding hydrogens is 419 g/mol. The van der Waals surface area contributed by atoms with Gasteiger partial charge in [0.2, 0.25) is 0 Å². The van der Waals surface area contributed by atoms with Crippen LogP contribution >= 0.6 is 0 Å². The SMILES string of the molecule is O=C(O)CNC(=O)c1cc2c3c(c1)[C@H]1C=CC[C@H]1[C@H](c1ccc(F)cc1)N3C[C@H]1CC=C[C@H]21. The molecule has 0 aromatic heterocycles. The lowest BCUT2D eigenvalue weighted by molar-refractivity contribution is -0.135. The summed E-state index contributed by atoms with van der Waals surface area (Å²) in [4.78, 5) is 26.3. The number of carbonyl (C=O) groups excluding carboxylic acids is 1. The molecule has 0 saturated heterocycles. The second kappa shape index (κ2) is 7.58. The van der Waals surface area contributed by atoms with Gasteiger partial charge < -0.3 is 15.3 Å². The molecular formula is C27H25FN2O3. The topological polar surface area (TPSA) is 69.6 Å². The third kappa shape index (κ3) is 3.19. The number of hydrogen-bond acceptors (Lipinski definition) is 3. The van der Waals surface area contributed by atoms with Crippen molar-refractivity contribution in [1.29, 1.82) is 0 Å². The van der Waals surface area contributed by atoms with E-state index in [9.17, 15) is 14.0 Å². The lowest BCUT2D eigenvalue weighted by atomic mass is 9.70. The highest BCUT2D eigenvalue weighted by atomic mass is 19.1. The molecule has 0 radical (unpaired) electrons. The van der Waals surface area contributed by atoms with Gasteiger partial charge in [0.25, 0.3) is 5.91 Å². The zero-order valence-corrected chi connectivity index (χ0v) is 18.1. The van der Waals surface area contributed by atoms with E-state index in [-0.39, 0.29) is 29.6 Å². The van der Waals surface area contributed by atoms with Crippen LogP contribution in [0, 0.1) is 17.7 Å². The fourth-order valence-electron chi connectivity index (χ4n) is 6.40. The van der Waals surface area contributed by atoms with Gasteiger partial charge in [0.1, 0.15) is 12.4 Å². The summed E-state index contributed by atoms with van der Waals surface area (Å²) in [5.74, 6) is -0.500. The van der Waals surface area contributed by atoms with Crippen molar-refractivity contribution < 1.29 is 19.1 Å². The zero-order chi connectivity index (χ0) is 22.7. The van der Waals surface area contributed by atoms with Crippen LogP contribution in [-0.2, 0) is 4.79 Å². The van der Waals surface area contributed by atoms with Crippen molar-refractivity contribution in [3.8, 4) is 0 Å². The Labute approximate surface area is 191 Å². The molecule has 4 aliphatic rings. The Morgan fingerprint density at radius 3 is 2.48 bits per heavy atom. The van der Waals surface area contributed by atoms with E-state index in [1.807, 2.05) is 24.3 Å². The van der Waals surface area contributed by atoms with Crippen molar-refractivity contribution in [3.05, 3.63) is 88.8 Å². The lowest BCUT2D eigenvalue weighted by Crippen LogP contribution is -2.46. The Morgan fingerprint density at radius 2 is 1.73 bits per heavy atom. The molecule has 168 valence electrons. The maximum absolute atomic E-state index is 13.7. The fourth-order valence-corrected chi connectivity index (χ4v) is 6.40. The molecule has 2 aliphatic carbocycles. The number of nitrogens with zero attached hydrogens (tertiary/aromatic N) is 1. The molecule has 6 rings (SSSR count). The molecule has 2 heterocycles. The summed E-state index contributed by atoms with van der Waals surface area (Å²) < 4.78 is 13.7. The molecule has 1 amide bonds. The number of rotatable bonds is 4. The van der Waals surface area contributed by atoms with E-state index in [2.05, 4.69) is 34.5 Å². The number of halogens is 1. The molecule has 0 fully saturated rings. The van der Waals surface area contributed by atoms with E-state index in [1.54, 1.807) is 12.1 Å². The van der Waals surface area contributed by atoms with Gasteiger partial charge in [-0.2, -0.15) is 0 Å². The average molecular weight is 445 g/mol. The largest absolute Gasteiger partial charge is 0.480 e. The number of hydrogen-bond donors (Lipinski definition) is 2. The standard InChI is InChI=1S/C27H25FN2O3/c28-18-9-7-15(8-10-18)25-21-6-2-5-20(21)23-12-17(27(33)29-13-24(31)32)11-22-19-4-1-3-16(19)14-30(25)26(22)23/h1-2,4-5,7-12,16,19-21,25H,3,6,13-14H2,(H,29,33)(H,31,32)/t16-,19+,20+,21-,25+/m1/s1. The normalized spacial score (nSPS) is 28.3. The van der Waals surface area contributed by atoms with Gasteiger partial charge in [-0.05, 0) is 65.6 Å². The van der Waals surface area contributed by atoms with Crippen LogP contribution in [0.2, 0.25) is 0 Å². The molecule has 0 unspecified atom stereocenters. The predicted molar refractivity (Wildman–Crippen MR) is 123 cm³/mol. The smallest absolute Gasteiger partial charge is 0.322 e. The second-order valence-corrected chi connectivity index (χ2v) is 9.53. The molecule has 6 heteroatoms. The van der Waals surface area contributed by atoms with Crippen molar-refractivity contribution in [2.24, 2.45) is 11.8 Å². The van der Waals surface area contributed by atoms with Crippen molar-refractivity contribution in [1.82, 2.24) is 5.32 Å². The van der Waals surface area contributed by atoms with Gasteiger partial charge in [0, 0.05) is 29.6 Å². The Hall–Kier alpha value is -3.41. The number of carboxylic acids is 1. The van der Waals surface area contributed by atoms with Crippen molar-refractivity contribution in [3.63, 3.8) is 0 Å². The first kappa shape index (κ1) is 20.2. The quantitative estimate of drug-likeness (QED) is 0.680. The summed E-state index contributed by atoms with van der Waals surface area (Å²) in [5, 5.41) is 11.5. The minimum Gasteiger partial charge on any atom is -0.480 e. The summed E-state index contributed by atoms with van der Waals surface area (Å²) in [6.45, 7) is 0.523. The third-order valence-corrected chi connectivity index (χ3v) is 7.72. The first-order chi connectivity index (χ1) is 16.0. The number of benzene rings is 2. The number of nitrogens with one attached hydrogen (secondary N) is 1. The Bertz CT molecular complexity index is 1190. The van der Waals surface area contributed by atoms with Crippen LogP contribution < -0.4 is 10.2 Å². The highest BCUT2D eigenvalue weighted by molar-refractivity contribution is 5.97. The number of allylic oxidation sites excluding steroid dienone is 4. The van der Waals surface area contributed by atoms with Crippen LogP contribution in [0.1, 0.15) is 57.8 Å². The van der Waals surface area contributed by atoms with E-state index in [1.165, 1.54) is 5.69 Å². The third-order valence-electron chi connectivity index (χ3n) is 7.72. The molecule has 2 N–H and O–H groups in total. The first-order valence-electron chi connectivity index (χ1n) is 11.5. The molecule has 2 aliphatic heterocycles. The monoisotopic (exact) mass is 444 g/mol. The molecule has 0 saturated carbocycles. The van der Waals surface area contributed by atoms with Gasteiger partial charge in [-0.1, -0.05) is 36.4 Å². The summed E-state index contributed by atoms with van der Waals surface area (Å²) in [6.07, 6.45) is 10.9. The number of anilines is 1. The van der Waals surface area contributed by atoms with E-state index in [0.29, 0.717) is 17.4 Å². The highest BCUT2D eigenvalue weighted by Gasteiger charge is 2.48. The van der Waals surface area contributed by atoms with Crippen molar-refractivity contribution in [2.45, 2.75) is 30.7 Å². The summed E-state index contributed by atoms with van der Waals surface area (Å²) in [7, 11) is 0. The van der Waals surface area contributed by atoms with E-state index < -0.39 is 12.5 Å². The fraction of sp³-hybridized carbons (Fsp3) is 0.333. The number of aliphatic carboxylic acids is 1. The van der Waals surface area contributed by atoms with Gasteiger partial charge in [-0.15, -0.1) is 0 Å². The first-order valence-corrected chi connectivity index (χ1v) is 11.5. The van der Waals surface area contributed by atoms with Gasteiger partial charge in [-0.25, -0.2) is 4.39 Å². The summed E-state index contributed by atoms with van der Waals surface area (Å²) in [6, 6.07) is 11.0. The highest BCUT2D eigenvalue weighted by Crippen LogP contribution is 2.58. The second-order valence-electron chi connectivity index (χ2n) is 9.53. The molecule has 2 aromatic rings. The van der Waals surface area contributed by atoms with Crippen molar-refractivity contribution >= 4 is 17.6 Å². The van der Waals surface area contributed by atoms with E-state index in [0.717, 1.165) is 36.1 Å². The van der Waals surface area contributed by atoms with Gasteiger partial charge in [0.05, 0.1) is 6.04 Å². The number of carbonyl (C=O) groups is 2. The van der Waals surface area contributed by atoms with Crippen LogP contribution in [0.15, 0.2) is 60.7 Å². The van der Waals surface area contributed by atoms with E-state index in [4.69, 9.17) is 5.11 Å². The van der Waals surface area contributed by atoms with Gasteiger partial charge >= 0.3 is 5.97 Å². The molecule has 33 heavy (non-hydrogen) atoms. The Balaban J connectivity index is 1.51. The van der Waals surface area contributed by atoms with Crippen LogP contribution in [0.4, 0.5) is 10.1 Å². The van der Waals surface area contributed by atoms with E-state index >= 15 is 0 Å². The maximum atomic E-state index is 13.7. The Kier molecular flexibility index (Phi) is 4.64.